The van der Waals surface area contributed by atoms with Crippen LogP contribution in [0.3, 0.4) is 0 Å². The normalized spacial score (nSPS) is 17.3. The van der Waals surface area contributed by atoms with Gasteiger partial charge in [0.05, 0.1) is 18.4 Å². The SMILES string of the molecule is CCSc1nsnc1C1=CNCN(C)C1. The van der Waals surface area contributed by atoms with Gasteiger partial charge in [-0.05, 0) is 12.8 Å². The Morgan fingerprint density at radius 2 is 2.47 bits per heavy atom. The summed E-state index contributed by atoms with van der Waals surface area (Å²) in [5, 5.41) is 4.29. The van der Waals surface area contributed by atoms with Crippen molar-refractivity contribution in [3.05, 3.63) is 11.9 Å². The molecule has 4 nitrogen and oxygen atoms in total. The molecule has 0 amide bonds. The van der Waals surface area contributed by atoms with Crippen molar-refractivity contribution in [3.63, 3.8) is 0 Å². The minimum atomic E-state index is 0.900. The van der Waals surface area contributed by atoms with Crippen LogP contribution in [-0.4, -0.2) is 39.7 Å². The average molecular weight is 242 g/mol. The highest BCUT2D eigenvalue weighted by Crippen LogP contribution is 2.26. The second-order valence-corrected chi connectivity index (χ2v) is 5.18. The Hall–Kier alpha value is -0.590. The van der Waals surface area contributed by atoms with Crippen molar-refractivity contribution in [3.8, 4) is 0 Å². The maximum absolute atomic E-state index is 4.37. The fraction of sp³-hybridized carbons (Fsp3) is 0.556. The fourth-order valence-corrected chi connectivity index (χ4v) is 2.91. The maximum Gasteiger partial charge on any atom is 0.138 e. The second kappa shape index (κ2) is 4.96. The van der Waals surface area contributed by atoms with E-state index in [2.05, 4.69) is 39.1 Å². The molecule has 1 aliphatic rings. The molecule has 0 aromatic carbocycles. The molecule has 0 unspecified atom stereocenters. The van der Waals surface area contributed by atoms with E-state index < -0.39 is 0 Å². The maximum atomic E-state index is 4.37. The van der Waals surface area contributed by atoms with Crippen LogP contribution in [0.4, 0.5) is 0 Å². The van der Waals surface area contributed by atoms with Crippen LogP contribution in [0, 0.1) is 0 Å². The molecule has 0 saturated carbocycles. The second-order valence-electron chi connectivity index (χ2n) is 3.40. The number of rotatable bonds is 3. The summed E-state index contributed by atoms with van der Waals surface area (Å²) in [6.45, 7) is 3.97. The van der Waals surface area contributed by atoms with Crippen molar-refractivity contribution >= 4 is 29.1 Å². The lowest BCUT2D eigenvalue weighted by Crippen LogP contribution is -2.34. The summed E-state index contributed by atoms with van der Waals surface area (Å²) in [7, 11) is 2.09. The van der Waals surface area contributed by atoms with Crippen LogP contribution in [0.1, 0.15) is 12.6 Å². The zero-order valence-electron chi connectivity index (χ0n) is 8.86. The number of hydrogen-bond donors (Lipinski definition) is 1. The van der Waals surface area contributed by atoms with Gasteiger partial charge in [0.25, 0.3) is 0 Å². The molecule has 0 atom stereocenters. The van der Waals surface area contributed by atoms with Crippen LogP contribution in [-0.2, 0) is 0 Å². The summed E-state index contributed by atoms with van der Waals surface area (Å²) < 4.78 is 8.68. The monoisotopic (exact) mass is 242 g/mol. The van der Waals surface area contributed by atoms with Crippen molar-refractivity contribution in [2.75, 3.05) is 26.0 Å². The predicted octanol–water partition coefficient (Wildman–Crippen LogP) is 1.48. The first kappa shape index (κ1) is 10.9. The van der Waals surface area contributed by atoms with Gasteiger partial charge < -0.3 is 5.32 Å². The standard InChI is InChI=1S/C9H14N4S2/c1-3-14-9-8(11-15-12-9)7-4-10-6-13(2)5-7/h4,10H,3,5-6H2,1-2H3. The summed E-state index contributed by atoms with van der Waals surface area (Å²) in [5.41, 5.74) is 2.28. The smallest absolute Gasteiger partial charge is 0.138 e. The molecule has 1 aromatic rings. The topological polar surface area (TPSA) is 41.1 Å². The van der Waals surface area contributed by atoms with Gasteiger partial charge in [0.1, 0.15) is 10.7 Å². The number of hydrogen-bond acceptors (Lipinski definition) is 6. The van der Waals surface area contributed by atoms with Gasteiger partial charge in [0.15, 0.2) is 0 Å². The van der Waals surface area contributed by atoms with E-state index >= 15 is 0 Å². The average Bonchev–Trinajstić information content (AvgIpc) is 2.66. The zero-order chi connectivity index (χ0) is 10.7. The van der Waals surface area contributed by atoms with E-state index in [1.807, 2.05) is 0 Å². The first-order chi connectivity index (χ1) is 7.31. The largest absolute Gasteiger partial charge is 0.378 e. The van der Waals surface area contributed by atoms with E-state index in [0.717, 1.165) is 29.7 Å². The Balaban J connectivity index is 2.21. The van der Waals surface area contributed by atoms with E-state index in [-0.39, 0.29) is 0 Å². The molecule has 82 valence electrons. The molecule has 0 saturated heterocycles. The molecular formula is C9H14N4S2. The minimum absolute atomic E-state index is 0.900. The van der Waals surface area contributed by atoms with E-state index in [0.29, 0.717) is 0 Å². The molecule has 1 aliphatic heterocycles. The Kier molecular flexibility index (Phi) is 3.61. The van der Waals surface area contributed by atoms with Gasteiger partial charge in [0, 0.05) is 18.3 Å². The third kappa shape index (κ3) is 2.50. The van der Waals surface area contributed by atoms with E-state index in [9.17, 15) is 0 Å². The Morgan fingerprint density at radius 1 is 1.60 bits per heavy atom. The van der Waals surface area contributed by atoms with Gasteiger partial charge >= 0.3 is 0 Å². The first-order valence-electron chi connectivity index (χ1n) is 4.88. The highest BCUT2D eigenvalue weighted by atomic mass is 32.2. The van der Waals surface area contributed by atoms with Gasteiger partial charge in [0.2, 0.25) is 0 Å². The molecular weight excluding hydrogens is 228 g/mol. The lowest BCUT2D eigenvalue weighted by atomic mass is 10.2. The number of nitrogens with zero attached hydrogens (tertiary/aromatic N) is 3. The van der Waals surface area contributed by atoms with E-state index in [1.54, 1.807) is 11.8 Å². The van der Waals surface area contributed by atoms with Crippen LogP contribution < -0.4 is 5.32 Å². The molecule has 15 heavy (non-hydrogen) atoms. The van der Waals surface area contributed by atoms with Crippen molar-refractivity contribution < 1.29 is 0 Å². The molecule has 0 radical (unpaired) electrons. The van der Waals surface area contributed by atoms with Crippen molar-refractivity contribution in [1.82, 2.24) is 19.0 Å². The number of likely N-dealkylation sites (N-methyl/N-ethyl adjacent to an activating group) is 1. The Morgan fingerprint density at radius 3 is 3.20 bits per heavy atom. The first-order valence-corrected chi connectivity index (χ1v) is 6.59. The number of nitrogens with one attached hydrogen (secondary N) is 1. The Labute approximate surface area is 98.1 Å². The number of thioether (sulfide) groups is 1. The summed E-state index contributed by atoms with van der Waals surface area (Å²) in [4.78, 5) is 2.22. The van der Waals surface area contributed by atoms with Gasteiger partial charge in [-0.15, -0.1) is 11.8 Å². The van der Waals surface area contributed by atoms with Gasteiger partial charge in [-0.2, -0.15) is 8.75 Å². The van der Waals surface area contributed by atoms with Crippen molar-refractivity contribution in [2.45, 2.75) is 11.9 Å². The highest BCUT2D eigenvalue weighted by Gasteiger charge is 2.16. The van der Waals surface area contributed by atoms with Crippen LogP contribution in [0.25, 0.3) is 5.57 Å². The molecule has 0 fully saturated rings. The fourth-order valence-electron chi connectivity index (χ4n) is 1.47. The zero-order valence-corrected chi connectivity index (χ0v) is 10.5. The minimum Gasteiger partial charge on any atom is -0.378 e. The molecule has 1 N–H and O–H groups in total. The molecule has 2 heterocycles. The van der Waals surface area contributed by atoms with Crippen LogP contribution in [0.2, 0.25) is 0 Å². The summed E-state index contributed by atoms with van der Waals surface area (Å²) in [5.74, 6) is 1.04. The summed E-state index contributed by atoms with van der Waals surface area (Å²) in [6.07, 6.45) is 2.05. The molecule has 0 aliphatic carbocycles. The molecule has 1 aromatic heterocycles. The molecule has 0 spiro atoms. The van der Waals surface area contributed by atoms with Crippen LogP contribution in [0.5, 0.6) is 0 Å². The van der Waals surface area contributed by atoms with E-state index in [4.69, 9.17) is 0 Å². The highest BCUT2D eigenvalue weighted by molar-refractivity contribution is 7.99. The van der Waals surface area contributed by atoms with Crippen molar-refractivity contribution in [2.24, 2.45) is 0 Å². The van der Waals surface area contributed by atoms with Crippen LogP contribution >= 0.6 is 23.5 Å². The van der Waals surface area contributed by atoms with Gasteiger partial charge in [-0.3, -0.25) is 4.90 Å². The van der Waals surface area contributed by atoms with Gasteiger partial charge in [-0.1, -0.05) is 6.92 Å². The number of aromatic nitrogens is 2. The molecule has 0 bridgehead atoms. The predicted molar refractivity (Wildman–Crippen MR) is 64.9 cm³/mol. The molecule has 6 heteroatoms. The third-order valence-electron chi connectivity index (χ3n) is 2.12. The quantitative estimate of drug-likeness (QED) is 0.813. The Bertz CT molecular complexity index is 361. The van der Waals surface area contributed by atoms with Crippen LogP contribution in [0.15, 0.2) is 11.2 Å². The van der Waals surface area contributed by atoms with Crippen molar-refractivity contribution in [1.29, 1.82) is 0 Å². The molecule has 2 rings (SSSR count). The van der Waals surface area contributed by atoms with E-state index in [1.165, 1.54) is 17.3 Å². The lowest BCUT2D eigenvalue weighted by molar-refractivity contribution is 0.349. The summed E-state index contributed by atoms with van der Waals surface area (Å²) in [6, 6.07) is 0. The lowest BCUT2D eigenvalue weighted by Gasteiger charge is -2.23. The van der Waals surface area contributed by atoms with Gasteiger partial charge in [-0.25, -0.2) is 0 Å². The third-order valence-corrected chi connectivity index (χ3v) is 3.61. The summed E-state index contributed by atoms with van der Waals surface area (Å²) >= 11 is 3.05.